The number of fused-ring (bicyclic) bond motifs is 1. The summed E-state index contributed by atoms with van der Waals surface area (Å²) in [5.74, 6) is -1.64. The number of aliphatic hydroxyl groups excluding tert-OH is 1. The topological polar surface area (TPSA) is 98.7 Å². The van der Waals surface area contributed by atoms with Crippen LogP contribution in [0.15, 0.2) is 30.3 Å². The summed E-state index contributed by atoms with van der Waals surface area (Å²) in [6.07, 6.45) is 5.94. The van der Waals surface area contributed by atoms with Crippen molar-refractivity contribution in [3.05, 3.63) is 30.3 Å². The summed E-state index contributed by atoms with van der Waals surface area (Å²) in [5.41, 5.74) is 0.693. The van der Waals surface area contributed by atoms with Gasteiger partial charge in [0, 0.05) is 21.8 Å². The first kappa shape index (κ1) is 24.1. The maximum atomic E-state index is 13.9. The second kappa shape index (κ2) is 9.47. The SMILES string of the molecule is C[C@H](CO)N1C(=O)[C@@H]2[C@H](C(=O)Nc3ccccc3)[C@H]3SC2(CC3Br)C1C(=O)NC1CCCCC1. The molecular weight excluding hydrogens is 518 g/mol. The number of para-hydroxylation sites is 1. The van der Waals surface area contributed by atoms with Crippen molar-refractivity contribution in [3.8, 4) is 0 Å². The molecule has 1 aromatic carbocycles. The van der Waals surface area contributed by atoms with Crippen LogP contribution < -0.4 is 10.6 Å². The molecule has 1 aromatic rings. The number of anilines is 1. The van der Waals surface area contributed by atoms with Crippen LogP contribution in [0.4, 0.5) is 5.69 Å². The molecule has 7 nitrogen and oxygen atoms in total. The van der Waals surface area contributed by atoms with Gasteiger partial charge in [0.05, 0.1) is 29.2 Å². The molecule has 5 rings (SSSR count). The summed E-state index contributed by atoms with van der Waals surface area (Å²) in [6, 6.07) is 8.19. The minimum absolute atomic E-state index is 0.0300. The average molecular weight is 551 g/mol. The zero-order valence-corrected chi connectivity index (χ0v) is 21.7. The Hall–Kier alpha value is -1.58. The molecule has 3 amide bonds. The van der Waals surface area contributed by atoms with E-state index in [1.807, 2.05) is 30.3 Å². The predicted molar refractivity (Wildman–Crippen MR) is 136 cm³/mol. The molecule has 3 N–H and O–H groups in total. The number of halogens is 1. The highest BCUT2D eigenvalue weighted by molar-refractivity contribution is 9.09. The van der Waals surface area contributed by atoms with Gasteiger partial charge in [0.25, 0.3) is 0 Å². The van der Waals surface area contributed by atoms with Gasteiger partial charge in [0.15, 0.2) is 0 Å². The van der Waals surface area contributed by atoms with E-state index in [1.165, 1.54) is 6.42 Å². The van der Waals surface area contributed by atoms with Crippen molar-refractivity contribution in [2.75, 3.05) is 11.9 Å². The Morgan fingerprint density at radius 3 is 2.59 bits per heavy atom. The third kappa shape index (κ3) is 3.88. The second-order valence-electron chi connectivity index (χ2n) is 10.1. The molecule has 7 atom stereocenters. The van der Waals surface area contributed by atoms with E-state index >= 15 is 0 Å². The summed E-state index contributed by atoms with van der Waals surface area (Å²) in [5, 5.41) is 16.1. The van der Waals surface area contributed by atoms with E-state index in [2.05, 4.69) is 26.6 Å². The number of rotatable bonds is 6. The van der Waals surface area contributed by atoms with Crippen molar-refractivity contribution < 1.29 is 19.5 Å². The van der Waals surface area contributed by atoms with Gasteiger partial charge < -0.3 is 20.6 Å². The Morgan fingerprint density at radius 1 is 1.21 bits per heavy atom. The molecule has 34 heavy (non-hydrogen) atoms. The third-order valence-corrected chi connectivity index (χ3v) is 11.2. The van der Waals surface area contributed by atoms with Crippen LogP contribution in [0.5, 0.6) is 0 Å². The van der Waals surface area contributed by atoms with Crippen molar-refractivity contribution in [2.24, 2.45) is 11.8 Å². The lowest BCUT2D eigenvalue weighted by atomic mass is 9.70. The molecule has 0 aromatic heterocycles. The van der Waals surface area contributed by atoms with Crippen LogP contribution >= 0.6 is 27.7 Å². The van der Waals surface area contributed by atoms with Crippen LogP contribution in [0.1, 0.15) is 45.4 Å². The van der Waals surface area contributed by atoms with Crippen LogP contribution in [0.25, 0.3) is 0 Å². The number of carbonyl (C=O) groups excluding carboxylic acids is 3. The number of hydrogen-bond donors (Lipinski definition) is 3. The lowest BCUT2D eigenvalue weighted by molar-refractivity contribution is -0.141. The Balaban J connectivity index is 1.47. The first-order chi connectivity index (χ1) is 16.4. The molecule has 3 aliphatic heterocycles. The smallest absolute Gasteiger partial charge is 0.244 e. The quantitative estimate of drug-likeness (QED) is 0.474. The van der Waals surface area contributed by atoms with Gasteiger partial charge in [0.1, 0.15) is 6.04 Å². The predicted octanol–water partition coefficient (Wildman–Crippen LogP) is 2.92. The molecule has 3 heterocycles. The van der Waals surface area contributed by atoms with Gasteiger partial charge in [-0.2, -0.15) is 0 Å². The van der Waals surface area contributed by atoms with Crippen molar-refractivity contribution in [1.82, 2.24) is 10.2 Å². The Labute approximate surface area is 212 Å². The van der Waals surface area contributed by atoms with Gasteiger partial charge in [-0.25, -0.2) is 0 Å². The standard InChI is InChI=1S/C25H32BrN3O4S/c1-14(13-30)29-21(23(32)28-16-10-6-3-7-11-16)25-12-17(26)20(34-25)18(19(25)24(29)33)22(31)27-15-8-4-2-5-9-15/h2,4-5,8-9,14,16-21,30H,3,6-7,10-13H2,1H3,(H,27,31)(H,28,32)/t14-,17?,18+,19+,20+,21?,25?/m1/s1. The number of benzene rings is 1. The fourth-order valence-corrected chi connectivity index (χ4v) is 10.1. The lowest BCUT2D eigenvalue weighted by Crippen LogP contribution is -2.58. The summed E-state index contributed by atoms with van der Waals surface area (Å²) in [4.78, 5) is 42.8. The molecule has 184 valence electrons. The molecule has 0 radical (unpaired) electrons. The van der Waals surface area contributed by atoms with Crippen LogP contribution in [0, 0.1) is 11.8 Å². The van der Waals surface area contributed by atoms with Gasteiger partial charge in [-0.15, -0.1) is 11.8 Å². The zero-order valence-electron chi connectivity index (χ0n) is 19.3. The van der Waals surface area contributed by atoms with Crippen molar-refractivity contribution in [2.45, 2.75) is 78.4 Å². The van der Waals surface area contributed by atoms with Crippen LogP contribution in [0.3, 0.4) is 0 Å². The van der Waals surface area contributed by atoms with Gasteiger partial charge in [-0.1, -0.05) is 53.4 Å². The van der Waals surface area contributed by atoms with E-state index in [-0.39, 0.29) is 40.4 Å². The van der Waals surface area contributed by atoms with Crippen LogP contribution in [0.2, 0.25) is 0 Å². The van der Waals surface area contributed by atoms with Gasteiger partial charge >= 0.3 is 0 Å². The highest BCUT2D eigenvalue weighted by Crippen LogP contribution is 2.68. The van der Waals surface area contributed by atoms with E-state index in [0.29, 0.717) is 12.1 Å². The van der Waals surface area contributed by atoms with E-state index in [0.717, 1.165) is 25.7 Å². The molecule has 4 aliphatic rings. The normalized spacial score (nSPS) is 35.8. The number of nitrogens with one attached hydrogen (secondary N) is 2. The number of amides is 3. The Bertz CT molecular complexity index is 959. The van der Waals surface area contributed by atoms with Gasteiger partial charge in [-0.3, -0.25) is 14.4 Å². The molecule has 3 saturated heterocycles. The number of nitrogens with zero attached hydrogens (tertiary/aromatic N) is 1. The fourth-order valence-electron chi connectivity index (χ4n) is 6.50. The largest absolute Gasteiger partial charge is 0.394 e. The third-order valence-electron chi connectivity index (χ3n) is 8.01. The van der Waals surface area contributed by atoms with Crippen molar-refractivity contribution >= 4 is 51.1 Å². The van der Waals surface area contributed by atoms with Crippen LogP contribution in [-0.2, 0) is 14.4 Å². The number of likely N-dealkylation sites (tertiary alicyclic amines) is 1. The summed E-state index contributed by atoms with van der Waals surface area (Å²) < 4.78 is -0.684. The summed E-state index contributed by atoms with van der Waals surface area (Å²) >= 11 is 5.40. The lowest BCUT2D eigenvalue weighted by Gasteiger charge is -2.37. The van der Waals surface area contributed by atoms with E-state index in [1.54, 1.807) is 23.6 Å². The number of hydrogen-bond acceptors (Lipinski definition) is 5. The maximum absolute atomic E-state index is 13.9. The van der Waals surface area contributed by atoms with Gasteiger partial charge in [0.2, 0.25) is 17.7 Å². The molecule has 1 aliphatic carbocycles. The van der Waals surface area contributed by atoms with E-state index < -0.39 is 28.7 Å². The van der Waals surface area contributed by atoms with Gasteiger partial charge in [-0.05, 0) is 38.3 Å². The summed E-state index contributed by atoms with van der Waals surface area (Å²) in [7, 11) is 0. The van der Waals surface area contributed by atoms with E-state index in [4.69, 9.17) is 0 Å². The summed E-state index contributed by atoms with van der Waals surface area (Å²) in [6.45, 7) is 1.55. The molecule has 4 fully saturated rings. The fraction of sp³-hybridized carbons (Fsp3) is 0.640. The molecule has 1 saturated carbocycles. The molecule has 9 heteroatoms. The van der Waals surface area contributed by atoms with Crippen molar-refractivity contribution in [1.29, 1.82) is 0 Å². The number of aliphatic hydroxyl groups is 1. The maximum Gasteiger partial charge on any atom is 0.244 e. The molecule has 3 unspecified atom stereocenters. The number of alkyl halides is 1. The highest BCUT2D eigenvalue weighted by atomic mass is 79.9. The van der Waals surface area contributed by atoms with Crippen molar-refractivity contribution in [3.63, 3.8) is 0 Å². The molecule has 1 spiro atoms. The van der Waals surface area contributed by atoms with E-state index in [9.17, 15) is 19.5 Å². The first-order valence-electron chi connectivity index (χ1n) is 12.3. The Kier molecular flexibility index (Phi) is 6.72. The highest BCUT2D eigenvalue weighted by Gasteiger charge is 2.76. The van der Waals surface area contributed by atoms with Crippen LogP contribution in [-0.4, -0.2) is 67.3 Å². The molecule has 2 bridgehead atoms. The number of thioether (sulfide) groups is 1. The number of carbonyl (C=O) groups is 3. The minimum Gasteiger partial charge on any atom is -0.394 e. The Morgan fingerprint density at radius 2 is 1.91 bits per heavy atom. The first-order valence-corrected chi connectivity index (χ1v) is 14.1. The minimum atomic E-state index is -0.696. The average Bonchev–Trinajstić information content (AvgIpc) is 3.43. The molecular formula is C25H32BrN3O4S. The second-order valence-corrected chi connectivity index (χ2v) is 12.9. The zero-order chi connectivity index (χ0) is 24.0. The monoisotopic (exact) mass is 549 g/mol.